The topological polar surface area (TPSA) is 93.2 Å². The van der Waals surface area contributed by atoms with Crippen molar-refractivity contribution < 1.29 is 14.4 Å². The third-order valence-corrected chi connectivity index (χ3v) is 4.68. The summed E-state index contributed by atoms with van der Waals surface area (Å²) in [7, 11) is 0. The lowest BCUT2D eigenvalue weighted by molar-refractivity contribution is 0.0879. The Kier molecular flexibility index (Phi) is 4.30. The zero-order valence-electron chi connectivity index (χ0n) is 14.4. The monoisotopic (exact) mass is 352 g/mol. The van der Waals surface area contributed by atoms with Crippen molar-refractivity contribution in [2.75, 3.05) is 0 Å². The number of aromatic nitrogens is 3. The van der Waals surface area contributed by atoms with Crippen LogP contribution in [0.15, 0.2) is 53.2 Å². The average molecular weight is 352 g/mol. The Morgan fingerprint density at radius 2 is 2.08 bits per heavy atom. The minimum Gasteiger partial charge on any atom is -0.387 e. The van der Waals surface area contributed by atoms with Crippen LogP contribution < -0.4 is 5.32 Å². The fourth-order valence-electron chi connectivity index (χ4n) is 3.08. The van der Waals surface area contributed by atoms with E-state index in [0.717, 1.165) is 18.4 Å². The van der Waals surface area contributed by atoms with E-state index < -0.39 is 6.10 Å². The summed E-state index contributed by atoms with van der Waals surface area (Å²) in [6.07, 6.45) is 2.90. The van der Waals surface area contributed by atoms with E-state index in [1.807, 2.05) is 47.3 Å². The summed E-state index contributed by atoms with van der Waals surface area (Å²) in [5, 5.41) is 20.8. The van der Waals surface area contributed by atoms with Gasteiger partial charge in [0, 0.05) is 23.9 Å². The lowest BCUT2D eigenvalue weighted by Crippen LogP contribution is -2.45. The van der Waals surface area contributed by atoms with Crippen molar-refractivity contribution in [1.29, 1.82) is 0 Å². The predicted octanol–water partition coefficient (Wildman–Crippen LogP) is 2.72. The Morgan fingerprint density at radius 1 is 1.31 bits per heavy atom. The number of amides is 1. The molecule has 7 nitrogen and oxygen atoms in total. The van der Waals surface area contributed by atoms with Crippen LogP contribution in [0.1, 0.15) is 48.1 Å². The first kappa shape index (κ1) is 16.5. The van der Waals surface area contributed by atoms with E-state index >= 15 is 0 Å². The fourth-order valence-corrected chi connectivity index (χ4v) is 3.08. The number of carbonyl (C=O) groups excluding carboxylic acids is 1. The fraction of sp³-hybridized carbons (Fsp3) is 0.316. The van der Waals surface area contributed by atoms with Crippen LogP contribution in [-0.2, 0) is 0 Å². The molecular formula is C19H20N4O3. The smallest absolute Gasteiger partial charge is 0.273 e. The molecule has 1 amide bonds. The Morgan fingerprint density at radius 3 is 2.77 bits per heavy atom. The molecule has 2 heterocycles. The van der Waals surface area contributed by atoms with Crippen LogP contribution in [0.4, 0.5) is 0 Å². The van der Waals surface area contributed by atoms with Crippen LogP contribution in [-0.4, -0.2) is 32.0 Å². The van der Waals surface area contributed by atoms with Crippen molar-refractivity contribution in [1.82, 2.24) is 20.3 Å². The first-order valence-electron chi connectivity index (χ1n) is 8.66. The number of hydrogen-bond acceptors (Lipinski definition) is 5. The normalized spacial score (nSPS) is 20.4. The summed E-state index contributed by atoms with van der Waals surface area (Å²) >= 11 is 0. The van der Waals surface area contributed by atoms with Gasteiger partial charge < -0.3 is 14.9 Å². The zero-order chi connectivity index (χ0) is 18.1. The zero-order valence-corrected chi connectivity index (χ0v) is 14.4. The SMILES string of the molecule is C[C@H](O)c1ccn(C2CC(NC(=O)c3cc(-c4ccccc4)on3)C2)n1. The van der Waals surface area contributed by atoms with Gasteiger partial charge in [-0.3, -0.25) is 9.48 Å². The number of nitrogens with one attached hydrogen (secondary N) is 1. The van der Waals surface area contributed by atoms with Gasteiger partial charge in [-0.2, -0.15) is 5.10 Å². The summed E-state index contributed by atoms with van der Waals surface area (Å²) in [5.41, 5.74) is 1.83. The van der Waals surface area contributed by atoms with Gasteiger partial charge in [0.1, 0.15) is 0 Å². The lowest BCUT2D eigenvalue weighted by Gasteiger charge is -2.35. The van der Waals surface area contributed by atoms with Crippen LogP contribution in [0.5, 0.6) is 0 Å². The molecular weight excluding hydrogens is 332 g/mol. The van der Waals surface area contributed by atoms with Crippen LogP contribution in [0, 0.1) is 0 Å². The minimum absolute atomic E-state index is 0.0866. The van der Waals surface area contributed by atoms with E-state index in [1.54, 1.807) is 13.0 Å². The first-order chi connectivity index (χ1) is 12.6. The molecule has 0 bridgehead atoms. The summed E-state index contributed by atoms with van der Waals surface area (Å²) in [5.74, 6) is 0.342. The highest BCUT2D eigenvalue weighted by molar-refractivity contribution is 5.93. The number of rotatable bonds is 5. The van der Waals surface area contributed by atoms with E-state index in [4.69, 9.17) is 4.52 Å². The summed E-state index contributed by atoms with van der Waals surface area (Å²) in [6, 6.07) is 13.3. The van der Waals surface area contributed by atoms with Gasteiger partial charge in [-0.1, -0.05) is 35.5 Å². The molecule has 3 aromatic rings. The lowest BCUT2D eigenvalue weighted by atomic mass is 9.87. The van der Waals surface area contributed by atoms with E-state index in [9.17, 15) is 9.90 Å². The molecule has 0 spiro atoms. The Labute approximate surface area is 150 Å². The quantitative estimate of drug-likeness (QED) is 0.736. The van der Waals surface area contributed by atoms with Gasteiger partial charge in [-0.25, -0.2) is 0 Å². The summed E-state index contributed by atoms with van der Waals surface area (Å²) < 4.78 is 7.13. The minimum atomic E-state index is -0.571. The van der Waals surface area contributed by atoms with Gasteiger partial charge >= 0.3 is 0 Å². The molecule has 134 valence electrons. The Hall–Kier alpha value is -2.93. The molecule has 0 aliphatic heterocycles. The summed E-state index contributed by atoms with van der Waals surface area (Å²) in [6.45, 7) is 1.69. The van der Waals surface area contributed by atoms with E-state index in [1.165, 1.54) is 0 Å². The highest BCUT2D eigenvalue weighted by atomic mass is 16.5. The molecule has 0 unspecified atom stereocenters. The molecule has 1 aliphatic carbocycles. The van der Waals surface area contributed by atoms with Crippen molar-refractivity contribution in [3.63, 3.8) is 0 Å². The maximum absolute atomic E-state index is 12.3. The Bertz CT molecular complexity index is 894. The third kappa shape index (κ3) is 3.25. The van der Waals surface area contributed by atoms with Crippen LogP contribution in [0.3, 0.4) is 0 Å². The first-order valence-corrected chi connectivity index (χ1v) is 8.66. The van der Waals surface area contributed by atoms with Crippen LogP contribution in [0.2, 0.25) is 0 Å². The molecule has 0 radical (unpaired) electrons. The largest absolute Gasteiger partial charge is 0.387 e. The standard InChI is InChI=1S/C19H20N4O3/c1-12(24)16-7-8-23(21-16)15-9-14(10-15)20-19(25)17-11-18(26-22-17)13-5-3-2-4-6-13/h2-8,11-12,14-15,24H,9-10H2,1H3,(H,20,25)/t12-,14?,15?/m0/s1. The predicted molar refractivity (Wildman–Crippen MR) is 94.3 cm³/mol. The molecule has 1 aliphatic rings. The molecule has 1 aromatic carbocycles. The summed E-state index contributed by atoms with van der Waals surface area (Å²) in [4.78, 5) is 12.3. The number of nitrogens with zero attached hydrogens (tertiary/aromatic N) is 3. The molecule has 2 N–H and O–H groups in total. The second kappa shape index (κ2) is 6.76. The number of hydrogen-bond donors (Lipinski definition) is 2. The van der Waals surface area contributed by atoms with E-state index in [0.29, 0.717) is 11.5 Å². The number of carbonyl (C=O) groups is 1. The second-order valence-corrected chi connectivity index (χ2v) is 6.63. The van der Waals surface area contributed by atoms with E-state index in [-0.39, 0.29) is 23.7 Å². The second-order valence-electron chi connectivity index (χ2n) is 6.63. The number of benzene rings is 1. The van der Waals surface area contributed by atoms with Crippen LogP contribution in [0.25, 0.3) is 11.3 Å². The van der Waals surface area contributed by atoms with Crippen molar-refractivity contribution in [2.24, 2.45) is 0 Å². The van der Waals surface area contributed by atoms with Crippen molar-refractivity contribution in [3.8, 4) is 11.3 Å². The molecule has 26 heavy (non-hydrogen) atoms. The molecule has 1 fully saturated rings. The highest BCUT2D eigenvalue weighted by Gasteiger charge is 2.33. The van der Waals surface area contributed by atoms with E-state index in [2.05, 4.69) is 15.6 Å². The average Bonchev–Trinajstić information content (AvgIpc) is 3.28. The molecule has 1 saturated carbocycles. The molecule has 0 saturated heterocycles. The number of aliphatic hydroxyl groups excluding tert-OH is 1. The van der Waals surface area contributed by atoms with Crippen molar-refractivity contribution in [3.05, 3.63) is 60.0 Å². The molecule has 1 atom stereocenters. The third-order valence-electron chi connectivity index (χ3n) is 4.68. The van der Waals surface area contributed by atoms with Gasteiger partial charge in [0.15, 0.2) is 11.5 Å². The van der Waals surface area contributed by atoms with Crippen LogP contribution >= 0.6 is 0 Å². The van der Waals surface area contributed by atoms with Crippen molar-refractivity contribution >= 4 is 5.91 Å². The van der Waals surface area contributed by atoms with Gasteiger partial charge in [0.05, 0.1) is 17.8 Å². The maximum atomic E-state index is 12.3. The molecule has 7 heteroatoms. The van der Waals surface area contributed by atoms with Crippen molar-refractivity contribution in [2.45, 2.75) is 38.0 Å². The van der Waals surface area contributed by atoms with Gasteiger partial charge in [0.2, 0.25) is 0 Å². The molecule has 2 aromatic heterocycles. The Balaban J connectivity index is 1.33. The van der Waals surface area contributed by atoms with Gasteiger partial charge in [-0.05, 0) is 25.8 Å². The highest BCUT2D eigenvalue weighted by Crippen LogP contribution is 2.32. The van der Waals surface area contributed by atoms with Gasteiger partial charge in [-0.15, -0.1) is 0 Å². The maximum Gasteiger partial charge on any atom is 0.273 e. The van der Waals surface area contributed by atoms with Gasteiger partial charge in [0.25, 0.3) is 5.91 Å². The number of aliphatic hydroxyl groups is 1. The molecule has 4 rings (SSSR count).